The smallest absolute Gasteiger partial charge is 0.292 e. The molecular weight excluding hydrogens is 276 g/mol. The number of unbranched alkanes of at least 4 members (excludes halogenated alkanes) is 5. The molecular formula is C18H36O2Si. The highest BCUT2D eigenvalue weighted by molar-refractivity contribution is 6.71. The number of rotatable bonds is 12. The van der Waals surface area contributed by atoms with E-state index < -0.39 is 8.32 Å². The summed E-state index contributed by atoms with van der Waals surface area (Å²) >= 11 is 0. The minimum Gasteiger partial charge on any atom is -0.520 e. The predicted molar refractivity (Wildman–Crippen MR) is 95.0 cm³/mol. The Bertz CT molecular complexity index is 290. The molecule has 0 atom stereocenters. The Morgan fingerprint density at radius 1 is 0.952 bits per heavy atom. The molecule has 0 aromatic carbocycles. The van der Waals surface area contributed by atoms with Gasteiger partial charge in [0.25, 0.3) is 5.97 Å². The molecule has 0 rings (SSSR count). The van der Waals surface area contributed by atoms with Crippen molar-refractivity contribution in [3.05, 3.63) is 12.2 Å². The third kappa shape index (κ3) is 17.4. The lowest BCUT2D eigenvalue weighted by Gasteiger charge is -2.17. The van der Waals surface area contributed by atoms with Gasteiger partial charge in [-0.3, -0.25) is 4.79 Å². The van der Waals surface area contributed by atoms with Crippen molar-refractivity contribution in [2.45, 2.75) is 91.3 Å². The molecule has 0 spiro atoms. The van der Waals surface area contributed by atoms with E-state index in [1.165, 1.54) is 38.5 Å². The SMILES string of the molecule is CC(C)CC/C=C/CCCCCCCC(=O)O[Si](C)(C)C. The Balaban J connectivity index is 3.31. The van der Waals surface area contributed by atoms with Crippen LogP contribution in [-0.4, -0.2) is 14.3 Å². The fraction of sp³-hybridized carbons (Fsp3) is 0.833. The standard InChI is InChI=1S/C18H36O2Si/c1-17(2)15-13-11-9-7-6-8-10-12-14-16-18(19)20-21(3,4)5/h9,11,17H,6-8,10,12-16H2,1-5H3/b11-9+. The molecule has 0 aliphatic carbocycles. The van der Waals surface area contributed by atoms with Crippen LogP contribution in [0.5, 0.6) is 0 Å². The second kappa shape index (κ2) is 12.0. The maximum Gasteiger partial charge on any atom is 0.292 e. The van der Waals surface area contributed by atoms with Crippen LogP contribution in [0.25, 0.3) is 0 Å². The quantitative estimate of drug-likeness (QED) is 0.248. The Labute approximate surface area is 133 Å². The molecule has 0 aromatic rings. The summed E-state index contributed by atoms with van der Waals surface area (Å²) in [4.78, 5) is 11.5. The lowest BCUT2D eigenvalue weighted by Crippen LogP contribution is -2.28. The van der Waals surface area contributed by atoms with Gasteiger partial charge in [-0.15, -0.1) is 0 Å². The van der Waals surface area contributed by atoms with Gasteiger partial charge in [-0.2, -0.15) is 0 Å². The summed E-state index contributed by atoms with van der Waals surface area (Å²) in [7, 11) is -1.68. The Hall–Kier alpha value is -0.573. The molecule has 0 aliphatic heterocycles. The summed E-state index contributed by atoms with van der Waals surface area (Å²) in [6.45, 7) is 10.7. The second-order valence-corrected chi connectivity index (χ2v) is 11.8. The van der Waals surface area contributed by atoms with Crippen molar-refractivity contribution in [3.8, 4) is 0 Å². The molecule has 0 radical (unpaired) electrons. The van der Waals surface area contributed by atoms with Crippen molar-refractivity contribution >= 4 is 14.3 Å². The van der Waals surface area contributed by atoms with Gasteiger partial charge in [0.05, 0.1) is 0 Å². The van der Waals surface area contributed by atoms with Crippen molar-refractivity contribution in [1.29, 1.82) is 0 Å². The number of allylic oxidation sites excluding steroid dienone is 2. The van der Waals surface area contributed by atoms with Crippen molar-refractivity contribution < 1.29 is 9.22 Å². The summed E-state index contributed by atoms with van der Waals surface area (Å²) < 4.78 is 5.43. The van der Waals surface area contributed by atoms with Crippen molar-refractivity contribution in [3.63, 3.8) is 0 Å². The van der Waals surface area contributed by atoms with Gasteiger partial charge in [-0.05, 0) is 57.7 Å². The summed E-state index contributed by atoms with van der Waals surface area (Å²) in [6.07, 6.45) is 14.9. The third-order valence-corrected chi connectivity index (χ3v) is 4.09. The highest BCUT2D eigenvalue weighted by Gasteiger charge is 2.19. The molecule has 0 heterocycles. The van der Waals surface area contributed by atoms with Crippen LogP contribution in [0.1, 0.15) is 71.6 Å². The van der Waals surface area contributed by atoms with Gasteiger partial charge >= 0.3 is 0 Å². The maximum absolute atomic E-state index is 11.5. The summed E-state index contributed by atoms with van der Waals surface area (Å²) in [5.74, 6) is 0.810. The van der Waals surface area contributed by atoms with Crippen LogP contribution in [0.15, 0.2) is 12.2 Å². The Kier molecular flexibility index (Phi) is 11.7. The number of hydrogen-bond donors (Lipinski definition) is 0. The Morgan fingerprint density at radius 3 is 2.14 bits per heavy atom. The highest BCUT2D eigenvalue weighted by atomic mass is 28.4. The lowest BCUT2D eigenvalue weighted by molar-refractivity contribution is -0.135. The van der Waals surface area contributed by atoms with Crippen LogP contribution in [0.2, 0.25) is 19.6 Å². The minimum absolute atomic E-state index is 0.00209. The Morgan fingerprint density at radius 2 is 1.52 bits per heavy atom. The van der Waals surface area contributed by atoms with Gasteiger partial charge in [0.1, 0.15) is 0 Å². The fourth-order valence-corrected chi connectivity index (χ4v) is 2.90. The van der Waals surface area contributed by atoms with Crippen molar-refractivity contribution in [1.82, 2.24) is 0 Å². The van der Waals surface area contributed by atoms with Gasteiger partial charge in [-0.1, -0.05) is 45.3 Å². The van der Waals surface area contributed by atoms with Crippen LogP contribution in [0.3, 0.4) is 0 Å². The zero-order chi connectivity index (χ0) is 16.1. The van der Waals surface area contributed by atoms with E-state index in [1.807, 2.05) is 0 Å². The maximum atomic E-state index is 11.5. The number of carbonyl (C=O) groups excluding carboxylic acids is 1. The zero-order valence-electron chi connectivity index (χ0n) is 14.9. The molecule has 0 saturated carbocycles. The largest absolute Gasteiger partial charge is 0.520 e. The first-order valence-electron chi connectivity index (χ1n) is 8.68. The summed E-state index contributed by atoms with van der Waals surface area (Å²) in [6, 6.07) is 0. The summed E-state index contributed by atoms with van der Waals surface area (Å²) in [5.41, 5.74) is 0. The van der Waals surface area contributed by atoms with Crippen molar-refractivity contribution in [2.75, 3.05) is 0 Å². The van der Waals surface area contributed by atoms with Gasteiger partial charge in [0.15, 0.2) is 0 Å². The van der Waals surface area contributed by atoms with Crippen molar-refractivity contribution in [2.24, 2.45) is 5.92 Å². The molecule has 0 fully saturated rings. The topological polar surface area (TPSA) is 26.3 Å². The van der Waals surface area contributed by atoms with Crippen LogP contribution >= 0.6 is 0 Å². The minimum atomic E-state index is -1.68. The molecule has 0 bridgehead atoms. The van der Waals surface area contributed by atoms with Crippen LogP contribution in [-0.2, 0) is 9.22 Å². The van der Waals surface area contributed by atoms with E-state index in [0.29, 0.717) is 6.42 Å². The third-order valence-electron chi connectivity index (χ3n) is 3.25. The number of hydrogen-bond acceptors (Lipinski definition) is 2. The van der Waals surface area contributed by atoms with E-state index >= 15 is 0 Å². The molecule has 2 nitrogen and oxygen atoms in total. The van der Waals surface area contributed by atoms with Crippen LogP contribution in [0.4, 0.5) is 0 Å². The second-order valence-electron chi connectivity index (χ2n) is 7.34. The fourth-order valence-electron chi connectivity index (χ4n) is 2.12. The van der Waals surface area contributed by atoms with E-state index in [9.17, 15) is 4.79 Å². The van der Waals surface area contributed by atoms with E-state index in [0.717, 1.165) is 18.8 Å². The van der Waals surface area contributed by atoms with Gasteiger partial charge < -0.3 is 4.43 Å². The normalized spacial score (nSPS) is 12.3. The number of carbonyl (C=O) groups is 1. The molecule has 21 heavy (non-hydrogen) atoms. The molecule has 0 saturated heterocycles. The molecule has 0 unspecified atom stereocenters. The average molecular weight is 313 g/mol. The van der Waals surface area contributed by atoms with Gasteiger partial charge in [0.2, 0.25) is 8.32 Å². The zero-order valence-corrected chi connectivity index (χ0v) is 15.9. The highest BCUT2D eigenvalue weighted by Crippen LogP contribution is 2.11. The van der Waals surface area contributed by atoms with E-state index in [4.69, 9.17) is 4.43 Å². The van der Waals surface area contributed by atoms with Gasteiger partial charge in [-0.25, -0.2) is 0 Å². The molecule has 0 aliphatic rings. The van der Waals surface area contributed by atoms with Crippen LogP contribution in [0, 0.1) is 5.92 Å². The van der Waals surface area contributed by atoms with E-state index in [1.54, 1.807) is 0 Å². The van der Waals surface area contributed by atoms with Crippen LogP contribution < -0.4 is 0 Å². The first-order chi connectivity index (χ1) is 9.81. The van der Waals surface area contributed by atoms with E-state index in [2.05, 4.69) is 45.6 Å². The monoisotopic (exact) mass is 312 g/mol. The molecule has 0 aromatic heterocycles. The first-order valence-corrected chi connectivity index (χ1v) is 12.1. The van der Waals surface area contributed by atoms with E-state index in [-0.39, 0.29) is 5.97 Å². The van der Waals surface area contributed by atoms with Gasteiger partial charge in [0, 0.05) is 6.42 Å². The molecule has 0 N–H and O–H groups in total. The predicted octanol–water partition coefficient (Wildman–Crippen LogP) is 6.09. The molecule has 124 valence electrons. The lowest BCUT2D eigenvalue weighted by atomic mass is 10.1. The molecule has 3 heteroatoms. The molecule has 0 amide bonds. The first kappa shape index (κ1) is 20.4. The average Bonchev–Trinajstić information content (AvgIpc) is 2.33. The summed E-state index contributed by atoms with van der Waals surface area (Å²) in [5, 5.41) is 0.